The molecule has 2 N–H and O–H groups in total. The third-order valence-electron chi connectivity index (χ3n) is 3.94. The van der Waals surface area contributed by atoms with E-state index in [1.54, 1.807) is 42.6 Å². The van der Waals surface area contributed by atoms with Gasteiger partial charge >= 0.3 is 5.97 Å². The van der Waals surface area contributed by atoms with E-state index in [1.807, 2.05) is 0 Å². The van der Waals surface area contributed by atoms with Crippen LogP contribution in [0.15, 0.2) is 46.4 Å². The number of carbonyl (C=O) groups excluding carboxylic acids is 3. The molecule has 0 atom stereocenters. The van der Waals surface area contributed by atoms with Crippen LogP contribution in [-0.4, -0.2) is 36.5 Å². The number of nitrogens with one attached hydrogen (secondary N) is 2. The van der Waals surface area contributed by atoms with E-state index in [0.29, 0.717) is 33.6 Å². The fraction of sp³-hybridized carbons (Fsp3) is 0.200. The number of esters is 1. The third-order valence-corrected chi connectivity index (χ3v) is 4.75. The number of benzene rings is 1. The van der Waals surface area contributed by atoms with Gasteiger partial charge in [-0.05, 0) is 37.3 Å². The van der Waals surface area contributed by atoms with Crippen LogP contribution < -0.4 is 15.4 Å². The summed E-state index contributed by atoms with van der Waals surface area (Å²) in [5.74, 6) is -0.0594. The molecule has 0 spiro atoms. The van der Waals surface area contributed by atoms with Gasteiger partial charge in [0.1, 0.15) is 11.5 Å². The number of nitrogens with zero attached hydrogens (tertiary/aromatic N) is 1. The van der Waals surface area contributed by atoms with Crippen molar-refractivity contribution in [2.24, 2.45) is 0 Å². The standard InChI is InChI=1S/C20H19N3O6S/c1-12-16(7-8-28-12)19(26)23-20-22-14(11-30-20)9-17(24)21-13-3-5-15(6-4-13)29-10-18(25)27-2/h3-8,11H,9-10H2,1-2H3,(H,21,24)(H,22,23,26). The van der Waals surface area contributed by atoms with Crippen molar-refractivity contribution in [3.8, 4) is 5.75 Å². The van der Waals surface area contributed by atoms with Gasteiger partial charge in [0.2, 0.25) is 5.91 Å². The SMILES string of the molecule is COC(=O)COc1ccc(NC(=O)Cc2csc(NC(=O)c3ccoc3C)n2)cc1. The lowest BCUT2D eigenvalue weighted by Crippen LogP contribution is -2.15. The Morgan fingerprint density at radius 2 is 1.90 bits per heavy atom. The third kappa shape index (κ3) is 5.67. The Bertz CT molecular complexity index is 1040. The molecular formula is C20H19N3O6S. The fourth-order valence-corrected chi connectivity index (χ4v) is 3.14. The van der Waals surface area contributed by atoms with Gasteiger partial charge in [-0.2, -0.15) is 0 Å². The minimum Gasteiger partial charge on any atom is -0.482 e. The Kier molecular flexibility index (Phi) is 6.81. The van der Waals surface area contributed by atoms with Gasteiger partial charge in [-0.3, -0.25) is 14.9 Å². The summed E-state index contributed by atoms with van der Waals surface area (Å²) in [7, 11) is 1.28. The average Bonchev–Trinajstić information content (AvgIpc) is 3.35. The van der Waals surface area contributed by atoms with Gasteiger partial charge in [-0.25, -0.2) is 9.78 Å². The van der Waals surface area contributed by atoms with Crippen molar-refractivity contribution in [3.05, 3.63) is 59.0 Å². The zero-order valence-electron chi connectivity index (χ0n) is 16.3. The average molecular weight is 429 g/mol. The lowest BCUT2D eigenvalue weighted by atomic mass is 10.2. The Morgan fingerprint density at radius 3 is 2.57 bits per heavy atom. The Labute approximate surface area is 176 Å². The van der Waals surface area contributed by atoms with Crippen LogP contribution >= 0.6 is 11.3 Å². The highest BCUT2D eigenvalue weighted by molar-refractivity contribution is 7.14. The summed E-state index contributed by atoms with van der Waals surface area (Å²) < 4.78 is 14.9. The molecule has 0 aliphatic rings. The van der Waals surface area contributed by atoms with E-state index in [0.717, 1.165) is 0 Å². The Hall–Kier alpha value is -3.66. The summed E-state index contributed by atoms with van der Waals surface area (Å²) in [6.07, 6.45) is 1.50. The highest BCUT2D eigenvalue weighted by atomic mass is 32.1. The second-order valence-electron chi connectivity index (χ2n) is 6.10. The molecule has 156 valence electrons. The minimum absolute atomic E-state index is 0.0533. The van der Waals surface area contributed by atoms with Crippen molar-refractivity contribution >= 4 is 39.9 Å². The van der Waals surface area contributed by atoms with Crippen LogP contribution in [0.5, 0.6) is 5.75 Å². The molecular weight excluding hydrogens is 410 g/mol. The van der Waals surface area contributed by atoms with Crippen molar-refractivity contribution < 1.29 is 28.3 Å². The molecule has 0 aliphatic carbocycles. The molecule has 30 heavy (non-hydrogen) atoms. The number of methoxy groups -OCH3 is 1. The van der Waals surface area contributed by atoms with Gasteiger partial charge in [0.25, 0.3) is 5.91 Å². The molecule has 3 aromatic rings. The van der Waals surface area contributed by atoms with E-state index >= 15 is 0 Å². The summed E-state index contributed by atoms with van der Waals surface area (Å²) in [6, 6.07) is 8.16. The van der Waals surface area contributed by atoms with Crippen LogP contribution in [0.4, 0.5) is 10.8 Å². The van der Waals surface area contributed by atoms with Crippen LogP contribution in [0.25, 0.3) is 0 Å². The van der Waals surface area contributed by atoms with Crippen LogP contribution in [0.2, 0.25) is 0 Å². The maximum atomic E-state index is 12.2. The molecule has 3 rings (SSSR count). The van der Waals surface area contributed by atoms with Crippen molar-refractivity contribution in [1.82, 2.24) is 4.98 Å². The number of rotatable bonds is 8. The molecule has 0 aliphatic heterocycles. The predicted molar refractivity (Wildman–Crippen MR) is 110 cm³/mol. The number of aromatic nitrogens is 1. The molecule has 0 radical (unpaired) electrons. The second kappa shape index (κ2) is 9.70. The highest BCUT2D eigenvalue weighted by Gasteiger charge is 2.14. The normalized spacial score (nSPS) is 10.3. The number of thiazole rings is 1. The summed E-state index contributed by atoms with van der Waals surface area (Å²) >= 11 is 1.23. The number of ether oxygens (including phenoxy) is 2. The molecule has 0 fully saturated rings. The zero-order chi connectivity index (χ0) is 21.5. The van der Waals surface area contributed by atoms with Crippen LogP contribution in [0, 0.1) is 6.92 Å². The quantitative estimate of drug-likeness (QED) is 0.528. The summed E-state index contributed by atoms with van der Waals surface area (Å²) in [5, 5.41) is 7.55. The van der Waals surface area contributed by atoms with Gasteiger partial charge in [0, 0.05) is 11.1 Å². The van der Waals surface area contributed by atoms with Crippen molar-refractivity contribution in [1.29, 1.82) is 0 Å². The first-order valence-electron chi connectivity index (χ1n) is 8.84. The lowest BCUT2D eigenvalue weighted by Gasteiger charge is -2.07. The number of hydrogen-bond acceptors (Lipinski definition) is 8. The van der Waals surface area contributed by atoms with E-state index in [4.69, 9.17) is 9.15 Å². The minimum atomic E-state index is -0.480. The molecule has 1 aromatic carbocycles. The van der Waals surface area contributed by atoms with Crippen molar-refractivity contribution in [2.75, 3.05) is 24.4 Å². The monoisotopic (exact) mass is 429 g/mol. The Morgan fingerprint density at radius 1 is 1.13 bits per heavy atom. The molecule has 0 saturated carbocycles. The molecule has 0 bridgehead atoms. The zero-order valence-corrected chi connectivity index (χ0v) is 17.1. The van der Waals surface area contributed by atoms with E-state index < -0.39 is 5.97 Å². The lowest BCUT2D eigenvalue weighted by molar-refractivity contribution is -0.142. The first kappa shape index (κ1) is 21.1. The largest absolute Gasteiger partial charge is 0.482 e. The Balaban J connectivity index is 1.50. The molecule has 0 saturated heterocycles. The maximum absolute atomic E-state index is 12.2. The number of hydrogen-bond donors (Lipinski definition) is 2. The molecule has 2 heterocycles. The molecule has 2 amide bonds. The van der Waals surface area contributed by atoms with Crippen LogP contribution in [0.1, 0.15) is 21.8 Å². The van der Waals surface area contributed by atoms with Crippen molar-refractivity contribution in [3.63, 3.8) is 0 Å². The van der Waals surface area contributed by atoms with E-state index in [-0.39, 0.29) is 24.8 Å². The first-order chi connectivity index (χ1) is 14.4. The summed E-state index contributed by atoms with van der Waals surface area (Å²) in [5.41, 5.74) is 1.54. The van der Waals surface area contributed by atoms with E-state index in [2.05, 4.69) is 20.4 Å². The maximum Gasteiger partial charge on any atom is 0.343 e. The topological polar surface area (TPSA) is 120 Å². The van der Waals surface area contributed by atoms with Gasteiger partial charge in [0.05, 0.1) is 31.1 Å². The van der Waals surface area contributed by atoms with Crippen molar-refractivity contribution in [2.45, 2.75) is 13.3 Å². The van der Waals surface area contributed by atoms with E-state index in [9.17, 15) is 14.4 Å². The van der Waals surface area contributed by atoms with Crippen LogP contribution in [0.3, 0.4) is 0 Å². The van der Waals surface area contributed by atoms with Gasteiger partial charge in [0.15, 0.2) is 11.7 Å². The molecule has 9 nitrogen and oxygen atoms in total. The number of furan rings is 1. The number of amides is 2. The number of anilines is 2. The summed E-state index contributed by atoms with van der Waals surface area (Å²) in [6.45, 7) is 1.51. The van der Waals surface area contributed by atoms with Crippen LogP contribution in [-0.2, 0) is 20.7 Å². The number of carbonyl (C=O) groups is 3. The van der Waals surface area contributed by atoms with Gasteiger partial charge < -0.3 is 19.2 Å². The number of aryl methyl sites for hydroxylation is 1. The van der Waals surface area contributed by atoms with Gasteiger partial charge in [-0.15, -0.1) is 11.3 Å². The molecule has 10 heteroatoms. The summed E-state index contributed by atoms with van der Waals surface area (Å²) in [4.78, 5) is 39.8. The van der Waals surface area contributed by atoms with Gasteiger partial charge in [-0.1, -0.05) is 0 Å². The van der Waals surface area contributed by atoms with E-state index in [1.165, 1.54) is 24.7 Å². The second-order valence-corrected chi connectivity index (χ2v) is 6.96. The predicted octanol–water partition coefficient (Wildman–Crippen LogP) is 3.03. The first-order valence-corrected chi connectivity index (χ1v) is 9.72. The fourth-order valence-electron chi connectivity index (χ4n) is 2.44. The smallest absolute Gasteiger partial charge is 0.343 e. The molecule has 2 aromatic heterocycles. The molecule has 0 unspecified atom stereocenters. The highest BCUT2D eigenvalue weighted by Crippen LogP contribution is 2.19.